The van der Waals surface area contributed by atoms with Crippen LogP contribution in [0.25, 0.3) is 0 Å². The van der Waals surface area contributed by atoms with Crippen LogP contribution in [0.15, 0.2) is 42.5 Å². The second-order valence-corrected chi connectivity index (χ2v) is 8.05. The topological polar surface area (TPSA) is 21.3 Å². The van der Waals surface area contributed by atoms with Gasteiger partial charge < -0.3 is 10.1 Å². The summed E-state index contributed by atoms with van der Waals surface area (Å²) < 4.78 is 6.12. The van der Waals surface area contributed by atoms with E-state index < -0.39 is 0 Å². The molecule has 1 saturated heterocycles. The predicted molar refractivity (Wildman–Crippen MR) is 92.1 cm³/mol. The maximum atomic E-state index is 6.12. The first-order valence-electron chi connectivity index (χ1n) is 8.08. The van der Waals surface area contributed by atoms with Gasteiger partial charge in [0.15, 0.2) is 5.75 Å². The minimum absolute atomic E-state index is 0.475. The number of fused-ring (bicyclic) bond motifs is 2. The number of rotatable bonds is 3. The van der Waals surface area contributed by atoms with Crippen LogP contribution >= 0.6 is 11.8 Å². The smallest absolute Gasteiger partial charge is 0.150 e. The molecule has 2 aromatic rings. The van der Waals surface area contributed by atoms with Gasteiger partial charge in [-0.05, 0) is 54.5 Å². The molecular weight excluding hydrogens is 290 g/mol. The summed E-state index contributed by atoms with van der Waals surface area (Å²) >= 11 is 2.12. The molecule has 1 aliphatic carbocycles. The number of nitrogens with one attached hydrogen (secondary N) is 1. The Morgan fingerprint density at radius 2 is 2.00 bits per heavy atom. The van der Waals surface area contributed by atoms with Crippen molar-refractivity contribution in [2.45, 2.75) is 36.5 Å². The highest BCUT2D eigenvalue weighted by Crippen LogP contribution is 2.56. The monoisotopic (exact) mass is 309 g/mol. The lowest BCUT2D eigenvalue weighted by Gasteiger charge is -2.17. The highest BCUT2D eigenvalue weighted by atomic mass is 32.2. The molecule has 1 saturated carbocycles. The van der Waals surface area contributed by atoms with Crippen molar-refractivity contribution in [3.05, 3.63) is 53.6 Å². The normalized spacial score (nSPS) is 23.4. The lowest BCUT2D eigenvalue weighted by atomic mass is 9.90. The molecule has 1 atom stereocenters. The standard InChI is InChI=1S/C19H19NOS/c1-2-4-18-16(3-1)20-11-13-9-14(5-6-17(13)21-18)19(7-8-19)10-15-12-22-15/h1-6,9,15,20H,7-8,10-12H2. The van der Waals surface area contributed by atoms with Gasteiger partial charge in [-0.15, -0.1) is 0 Å². The summed E-state index contributed by atoms with van der Waals surface area (Å²) in [4.78, 5) is 0. The van der Waals surface area contributed by atoms with E-state index in [9.17, 15) is 0 Å². The Labute approximate surface area is 135 Å². The van der Waals surface area contributed by atoms with Crippen molar-refractivity contribution in [3.63, 3.8) is 0 Å². The SMILES string of the molecule is c1ccc2c(c1)NCc1cc(C3(CC4CS4)CC3)ccc1O2. The summed E-state index contributed by atoms with van der Waals surface area (Å²) in [5.41, 5.74) is 4.36. The average molecular weight is 309 g/mol. The molecule has 2 nitrogen and oxygen atoms in total. The van der Waals surface area contributed by atoms with Crippen molar-refractivity contribution in [2.24, 2.45) is 0 Å². The highest BCUT2D eigenvalue weighted by molar-refractivity contribution is 8.06. The third-order valence-electron chi connectivity index (χ3n) is 5.12. The lowest BCUT2D eigenvalue weighted by molar-refractivity contribution is 0.483. The molecule has 0 bridgehead atoms. The van der Waals surface area contributed by atoms with Gasteiger partial charge >= 0.3 is 0 Å². The molecule has 22 heavy (non-hydrogen) atoms. The van der Waals surface area contributed by atoms with Gasteiger partial charge in [0.25, 0.3) is 0 Å². The molecule has 1 unspecified atom stereocenters. The van der Waals surface area contributed by atoms with E-state index in [2.05, 4.69) is 41.3 Å². The Morgan fingerprint density at radius 1 is 1.14 bits per heavy atom. The first kappa shape index (κ1) is 12.9. The van der Waals surface area contributed by atoms with Gasteiger partial charge in [0.2, 0.25) is 0 Å². The Balaban J connectivity index is 1.48. The largest absolute Gasteiger partial charge is 0.455 e. The molecule has 3 aliphatic rings. The number of para-hydroxylation sites is 2. The molecule has 1 N–H and O–H groups in total. The fourth-order valence-corrected chi connectivity index (χ4v) is 4.23. The van der Waals surface area contributed by atoms with Crippen LogP contribution in [0.1, 0.15) is 30.4 Å². The summed E-state index contributed by atoms with van der Waals surface area (Å²) in [6, 6.07) is 15.0. The van der Waals surface area contributed by atoms with E-state index in [0.717, 1.165) is 29.0 Å². The van der Waals surface area contributed by atoms with Crippen molar-refractivity contribution >= 4 is 17.4 Å². The second-order valence-electron chi connectivity index (χ2n) is 6.71. The summed E-state index contributed by atoms with van der Waals surface area (Å²) in [6.07, 6.45) is 4.08. The molecule has 5 rings (SSSR count). The van der Waals surface area contributed by atoms with Crippen LogP contribution in [0.5, 0.6) is 11.5 Å². The van der Waals surface area contributed by atoms with E-state index >= 15 is 0 Å². The van der Waals surface area contributed by atoms with Crippen LogP contribution in [-0.2, 0) is 12.0 Å². The molecular formula is C19H19NOS. The number of hydrogen-bond acceptors (Lipinski definition) is 3. The molecule has 3 heteroatoms. The van der Waals surface area contributed by atoms with Gasteiger partial charge in [-0.25, -0.2) is 0 Å². The minimum atomic E-state index is 0.475. The summed E-state index contributed by atoms with van der Waals surface area (Å²) in [7, 11) is 0. The summed E-state index contributed by atoms with van der Waals surface area (Å²) in [5.74, 6) is 3.29. The maximum absolute atomic E-state index is 6.12. The molecule has 2 heterocycles. The molecule has 0 amide bonds. The van der Waals surface area contributed by atoms with Crippen molar-refractivity contribution in [1.29, 1.82) is 0 Å². The summed E-state index contributed by atoms with van der Waals surface area (Å²) in [5, 5.41) is 4.42. The first-order valence-corrected chi connectivity index (χ1v) is 9.13. The van der Waals surface area contributed by atoms with Crippen LogP contribution in [-0.4, -0.2) is 11.0 Å². The minimum Gasteiger partial charge on any atom is -0.455 e. The zero-order chi connectivity index (χ0) is 14.6. The molecule has 112 valence electrons. The molecule has 0 aromatic heterocycles. The van der Waals surface area contributed by atoms with Gasteiger partial charge in [0, 0.05) is 23.1 Å². The predicted octanol–water partition coefficient (Wildman–Crippen LogP) is 4.94. The van der Waals surface area contributed by atoms with Gasteiger partial charge in [-0.2, -0.15) is 11.8 Å². The quantitative estimate of drug-likeness (QED) is 0.811. The molecule has 2 fully saturated rings. The number of benzene rings is 2. The Hall–Kier alpha value is -1.61. The molecule has 0 radical (unpaired) electrons. The Kier molecular flexibility index (Phi) is 2.75. The summed E-state index contributed by atoms with van der Waals surface area (Å²) in [6.45, 7) is 0.842. The van der Waals surface area contributed by atoms with E-state index in [1.165, 1.54) is 36.1 Å². The van der Waals surface area contributed by atoms with Gasteiger partial charge in [0.05, 0.1) is 5.69 Å². The van der Waals surface area contributed by atoms with Crippen molar-refractivity contribution < 1.29 is 4.74 Å². The molecule has 0 spiro atoms. The lowest BCUT2D eigenvalue weighted by Crippen LogP contribution is -2.10. The van der Waals surface area contributed by atoms with Crippen molar-refractivity contribution in [1.82, 2.24) is 0 Å². The highest BCUT2D eigenvalue weighted by Gasteiger charge is 2.48. The van der Waals surface area contributed by atoms with Crippen LogP contribution in [0, 0.1) is 0 Å². The Bertz CT molecular complexity index is 734. The van der Waals surface area contributed by atoms with Crippen molar-refractivity contribution in [2.75, 3.05) is 11.1 Å². The zero-order valence-corrected chi connectivity index (χ0v) is 13.3. The van der Waals surface area contributed by atoms with E-state index in [-0.39, 0.29) is 0 Å². The molecule has 2 aliphatic heterocycles. The number of hydrogen-bond donors (Lipinski definition) is 1. The Morgan fingerprint density at radius 3 is 2.82 bits per heavy atom. The van der Waals surface area contributed by atoms with Crippen LogP contribution < -0.4 is 10.1 Å². The number of thioether (sulfide) groups is 1. The van der Waals surface area contributed by atoms with Crippen LogP contribution in [0.3, 0.4) is 0 Å². The van der Waals surface area contributed by atoms with Crippen LogP contribution in [0.2, 0.25) is 0 Å². The third kappa shape index (κ3) is 2.19. The second kappa shape index (κ2) is 4.69. The van der Waals surface area contributed by atoms with E-state index in [1.807, 2.05) is 18.2 Å². The van der Waals surface area contributed by atoms with E-state index in [4.69, 9.17) is 4.74 Å². The fourth-order valence-electron chi connectivity index (χ4n) is 3.54. The number of anilines is 1. The molecule has 2 aromatic carbocycles. The van der Waals surface area contributed by atoms with Gasteiger partial charge in [-0.3, -0.25) is 0 Å². The van der Waals surface area contributed by atoms with Crippen molar-refractivity contribution in [3.8, 4) is 11.5 Å². The van der Waals surface area contributed by atoms with E-state index in [0.29, 0.717) is 5.41 Å². The zero-order valence-electron chi connectivity index (χ0n) is 12.5. The van der Waals surface area contributed by atoms with E-state index in [1.54, 1.807) is 0 Å². The average Bonchev–Trinajstić information content (AvgIpc) is 3.44. The number of ether oxygens (including phenoxy) is 1. The first-order chi connectivity index (χ1) is 10.8. The van der Waals surface area contributed by atoms with Crippen LogP contribution in [0.4, 0.5) is 5.69 Å². The van der Waals surface area contributed by atoms with Gasteiger partial charge in [0.1, 0.15) is 5.75 Å². The fraction of sp³-hybridized carbons (Fsp3) is 0.368. The third-order valence-corrected chi connectivity index (χ3v) is 6.09. The maximum Gasteiger partial charge on any atom is 0.150 e. The van der Waals surface area contributed by atoms with Gasteiger partial charge in [-0.1, -0.05) is 18.2 Å².